The van der Waals surface area contributed by atoms with Gasteiger partial charge >= 0.3 is 0 Å². The number of pyridine rings is 1. The van der Waals surface area contributed by atoms with E-state index < -0.39 is 0 Å². The van der Waals surface area contributed by atoms with Crippen LogP contribution in [-0.2, 0) is 0 Å². The lowest BCUT2D eigenvalue weighted by molar-refractivity contribution is 1.41. The van der Waals surface area contributed by atoms with E-state index in [2.05, 4.69) is 17.1 Å². The Balaban J connectivity index is 0.000000605. The van der Waals surface area contributed by atoms with Crippen LogP contribution in [0.2, 0.25) is 0 Å². The molecule has 2 heteroatoms. The first-order valence-corrected chi connectivity index (χ1v) is 3.26. The number of fused-ring (bicyclic) bond motifs is 1. The lowest BCUT2D eigenvalue weighted by Gasteiger charge is -1.91. The zero-order valence-corrected chi connectivity index (χ0v) is 6.83. The second kappa shape index (κ2) is 3.45. The smallest absolute Gasteiger partial charge is 0.0701 e. The highest BCUT2D eigenvalue weighted by atomic mass is 31.0. The fraction of sp³-hybridized carbons (Fsp3) is 0. The normalized spacial score (nSPS) is 9.09. The monoisotopic (exact) mass is 160 g/mol. The van der Waals surface area contributed by atoms with Crippen LogP contribution in [0.1, 0.15) is 0 Å². The summed E-state index contributed by atoms with van der Waals surface area (Å²) < 4.78 is 0. The van der Waals surface area contributed by atoms with Crippen molar-refractivity contribution in [3.8, 4) is 0 Å². The highest BCUT2D eigenvalue weighted by molar-refractivity contribution is 6.92. The highest BCUT2D eigenvalue weighted by Crippen LogP contribution is 2.07. The predicted octanol–water partition coefficient (Wildman–Crippen LogP) is 3.10. The molecule has 0 atom stereocenters. The summed E-state index contributed by atoms with van der Waals surface area (Å²) in [5.74, 6) is 0. The van der Waals surface area contributed by atoms with E-state index in [4.69, 9.17) is 0 Å². The van der Waals surface area contributed by atoms with Crippen LogP contribution in [0.15, 0.2) is 42.6 Å². The summed E-state index contributed by atoms with van der Waals surface area (Å²) in [7, 11) is 0. The van der Waals surface area contributed by atoms with Crippen LogP contribution in [0.5, 0.6) is 0 Å². The summed E-state index contributed by atoms with van der Waals surface area (Å²) in [4.78, 5) is 4.18. The molecule has 3 radical (unpaired) electrons. The van der Waals surface area contributed by atoms with Crippen LogP contribution in [0, 0.1) is 0 Å². The van der Waals surface area contributed by atoms with Crippen LogP contribution < -0.4 is 0 Å². The number of hydrogen-bond acceptors (Lipinski definition) is 1. The maximum atomic E-state index is 4.18. The quantitative estimate of drug-likeness (QED) is 0.539. The van der Waals surface area contributed by atoms with Gasteiger partial charge in [0.05, 0.1) is 5.52 Å². The number of para-hydroxylation sites is 1. The van der Waals surface area contributed by atoms with Crippen LogP contribution >= 0.6 is 9.90 Å². The average molecular weight is 160 g/mol. The summed E-state index contributed by atoms with van der Waals surface area (Å²) in [6.07, 6.45) is 1.81. The fourth-order valence-electron chi connectivity index (χ4n) is 1.02. The minimum atomic E-state index is 0. The first-order valence-electron chi connectivity index (χ1n) is 3.26. The minimum Gasteiger partial charge on any atom is -0.256 e. The molecule has 0 saturated heterocycles. The fourth-order valence-corrected chi connectivity index (χ4v) is 1.02. The van der Waals surface area contributed by atoms with Gasteiger partial charge in [0.2, 0.25) is 0 Å². The summed E-state index contributed by atoms with van der Waals surface area (Å²) in [6, 6.07) is 12.1. The molecule has 0 unspecified atom stereocenters. The standard InChI is InChI=1S/C9H7N.P/c1-2-6-9-8(4-1)5-3-7-10-9;/h1-7H;. The van der Waals surface area contributed by atoms with Gasteiger partial charge in [0.15, 0.2) is 0 Å². The van der Waals surface area contributed by atoms with Gasteiger partial charge in [0, 0.05) is 21.5 Å². The molecule has 1 heterocycles. The molecule has 0 N–H and O–H groups in total. The van der Waals surface area contributed by atoms with Gasteiger partial charge in [-0.3, -0.25) is 4.98 Å². The van der Waals surface area contributed by atoms with E-state index in [0.717, 1.165) is 5.52 Å². The van der Waals surface area contributed by atoms with Gasteiger partial charge in [-0.15, -0.1) is 0 Å². The van der Waals surface area contributed by atoms with Crippen LogP contribution in [-0.4, -0.2) is 4.98 Å². The molecular weight excluding hydrogens is 153 g/mol. The van der Waals surface area contributed by atoms with Crippen molar-refractivity contribution in [3.05, 3.63) is 42.6 Å². The second-order valence-electron chi connectivity index (χ2n) is 2.20. The van der Waals surface area contributed by atoms with Crippen LogP contribution in [0.4, 0.5) is 0 Å². The molecule has 0 aliphatic heterocycles. The Labute approximate surface area is 69.1 Å². The topological polar surface area (TPSA) is 12.9 Å². The molecule has 1 aromatic heterocycles. The van der Waals surface area contributed by atoms with E-state index in [1.165, 1.54) is 5.39 Å². The average Bonchev–Trinajstić information content (AvgIpc) is 2.05. The Hall–Kier alpha value is -0.940. The number of rotatable bonds is 0. The van der Waals surface area contributed by atoms with Gasteiger partial charge in [-0.05, 0) is 12.1 Å². The van der Waals surface area contributed by atoms with Crippen molar-refractivity contribution in [2.45, 2.75) is 0 Å². The third kappa shape index (κ3) is 1.55. The molecule has 0 saturated carbocycles. The Morgan fingerprint density at radius 3 is 2.45 bits per heavy atom. The zero-order chi connectivity index (χ0) is 6.81. The summed E-state index contributed by atoms with van der Waals surface area (Å²) in [5.41, 5.74) is 1.06. The van der Waals surface area contributed by atoms with Gasteiger partial charge in [-0.25, -0.2) is 0 Å². The van der Waals surface area contributed by atoms with E-state index >= 15 is 0 Å². The molecule has 11 heavy (non-hydrogen) atoms. The molecule has 0 aliphatic rings. The lowest BCUT2D eigenvalue weighted by Crippen LogP contribution is -1.73. The van der Waals surface area contributed by atoms with Gasteiger partial charge in [-0.1, -0.05) is 24.3 Å². The number of aromatic nitrogens is 1. The van der Waals surface area contributed by atoms with E-state index in [1.807, 2.05) is 30.5 Å². The Morgan fingerprint density at radius 1 is 0.909 bits per heavy atom. The lowest BCUT2D eigenvalue weighted by atomic mass is 10.2. The molecule has 2 rings (SSSR count). The molecule has 0 amide bonds. The molecule has 1 aromatic carbocycles. The van der Waals surface area contributed by atoms with Crippen molar-refractivity contribution >= 4 is 20.8 Å². The molecule has 2 aromatic rings. The van der Waals surface area contributed by atoms with Crippen molar-refractivity contribution in [2.24, 2.45) is 0 Å². The van der Waals surface area contributed by atoms with Crippen molar-refractivity contribution in [1.29, 1.82) is 0 Å². The summed E-state index contributed by atoms with van der Waals surface area (Å²) in [5, 5.41) is 1.20. The van der Waals surface area contributed by atoms with Crippen molar-refractivity contribution in [2.75, 3.05) is 0 Å². The van der Waals surface area contributed by atoms with Crippen LogP contribution in [0.3, 0.4) is 0 Å². The van der Waals surface area contributed by atoms with Gasteiger partial charge < -0.3 is 0 Å². The number of hydrogen-bond donors (Lipinski definition) is 0. The van der Waals surface area contributed by atoms with Crippen molar-refractivity contribution in [1.82, 2.24) is 4.98 Å². The number of nitrogens with zero attached hydrogens (tertiary/aromatic N) is 1. The van der Waals surface area contributed by atoms with E-state index in [0.29, 0.717) is 0 Å². The molecular formula is C9H7NP. The van der Waals surface area contributed by atoms with E-state index in [9.17, 15) is 0 Å². The minimum absolute atomic E-state index is 0. The Kier molecular flexibility index (Phi) is 2.56. The van der Waals surface area contributed by atoms with Crippen LogP contribution in [0.25, 0.3) is 10.9 Å². The van der Waals surface area contributed by atoms with Crippen molar-refractivity contribution in [3.63, 3.8) is 0 Å². The molecule has 0 fully saturated rings. The first-order chi connectivity index (χ1) is 4.97. The third-order valence-electron chi connectivity index (χ3n) is 1.51. The molecule has 0 bridgehead atoms. The number of benzene rings is 1. The van der Waals surface area contributed by atoms with Gasteiger partial charge in [0.25, 0.3) is 0 Å². The summed E-state index contributed by atoms with van der Waals surface area (Å²) >= 11 is 0. The second-order valence-corrected chi connectivity index (χ2v) is 2.20. The van der Waals surface area contributed by atoms with E-state index in [-0.39, 0.29) is 9.90 Å². The maximum Gasteiger partial charge on any atom is 0.0701 e. The highest BCUT2D eigenvalue weighted by Gasteiger charge is 1.86. The predicted molar refractivity (Wildman–Crippen MR) is 48.7 cm³/mol. The summed E-state index contributed by atoms with van der Waals surface area (Å²) in [6.45, 7) is 0. The first kappa shape index (κ1) is 8.16. The molecule has 0 spiro atoms. The Morgan fingerprint density at radius 2 is 1.64 bits per heavy atom. The maximum absolute atomic E-state index is 4.18. The van der Waals surface area contributed by atoms with Gasteiger partial charge in [-0.2, -0.15) is 0 Å². The van der Waals surface area contributed by atoms with E-state index in [1.54, 1.807) is 0 Å². The zero-order valence-electron chi connectivity index (χ0n) is 5.94. The molecule has 1 nitrogen and oxygen atoms in total. The third-order valence-corrected chi connectivity index (χ3v) is 1.51. The molecule has 53 valence electrons. The van der Waals surface area contributed by atoms with Crippen molar-refractivity contribution < 1.29 is 0 Å². The largest absolute Gasteiger partial charge is 0.256 e. The SMILES string of the molecule is [P].c1ccc2ncccc2c1. The van der Waals surface area contributed by atoms with Gasteiger partial charge in [0.1, 0.15) is 0 Å². The Bertz CT molecular complexity index is 281. The molecule has 0 aliphatic carbocycles.